The van der Waals surface area contributed by atoms with Crippen molar-refractivity contribution in [3.05, 3.63) is 80.1 Å². The number of ether oxygens (including phenoxy) is 2. The Morgan fingerprint density at radius 3 is 2.59 bits per heavy atom. The molecule has 0 unspecified atom stereocenters. The van der Waals surface area contributed by atoms with Gasteiger partial charge in [-0.3, -0.25) is 14.2 Å². The summed E-state index contributed by atoms with van der Waals surface area (Å²) >= 11 is 0. The van der Waals surface area contributed by atoms with Crippen molar-refractivity contribution in [2.75, 3.05) is 6.79 Å². The van der Waals surface area contributed by atoms with E-state index in [1.165, 1.54) is 7.05 Å². The van der Waals surface area contributed by atoms with E-state index in [2.05, 4.69) is 10.4 Å². The number of nitrogens with zero attached hydrogens (tertiary/aromatic N) is 3. The summed E-state index contributed by atoms with van der Waals surface area (Å²) in [5.41, 5.74) is 0.474. The summed E-state index contributed by atoms with van der Waals surface area (Å²) in [6.07, 6.45) is 0. The molecule has 0 radical (unpaired) electrons. The third kappa shape index (κ3) is 3.49. The van der Waals surface area contributed by atoms with Crippen molar-refractivity contribution in [3.8, 4) is 17.2 Å². The van der Waals surface area contributed by atoms with E-state index in [-0.39, 0.29) is 19.0 Å². The lowest BCUT2D eigenvalue weighted by atomic mass is 10.2. The summed E-state index contributed by atoms with van der Waals surface area (Å²) < 4.78 is 12.5. The quantitative estimate of drug-likeness (QED) is 0.705. The van der Waals surface area contributed by atoms with Crippen LogP contribution in [-0.4, -0.2) is 27.0 Å². The highest BCUT2D eigenvalue weighted by Gasteiger charge is 2.19. The van der Waals surface area contributed by atoms with Crippen LogP contribution in [0.15, 0.2) is 52.1 Å². The van der Waals surface area contributed by atoms with Crippen molar-refractivity contribution in [1.29, 1.82) is 0 Å². The maximum Gasteiger partial charge on any atom is 0.351 e. The lowest BCUT2D eigenvalue weighted by molar-refractivity contribution is 0.0941. The smallest absolute Gasteiger partial charge is 0.351 e. The standard InChI is InChI=1S/C20H18N4O5/c1-12-3-6-14(7-4-12)24-20(27)23(2)19(26)17(22-24)18(25)21-10-13-5-8-15-16(9-13)29-11-28-15/h3-9H,10-11H2,1-2H3,(H,21,25). The van der Waals surface area contributed by atoms with Gasteiger partial charge in [-0.05, 0) is 36.8 Å². The van der Waals surface area contributed by atoms with Crippen LogP contribution in [0.1, 0.15) is 21.6 Å². The molecular weight excluding hydrogens is 376 g/mol. The summed E-state index contributed by atoms with van der Waals surface area (Å²) in [7, 11) is 1.31. The zero-order chi connectivity index (χ0) is 20.5. The van der Waals surface area contributed by atoms with E-state index in [9.17, 15) is 14.4 Å². The van der Waals surface area contributed by atoms with Crippen LogP contribution in [-0.2, 0) is 13.6 Å². The molecule has 9 heteroatoms. The molecule has 1 aromatic heterocycles. The van der Waals surface area contributed by atoms with Crippen LogP contribution < -0.4 is 26.0 Å². The van der Waals surface area contributed by atoms with E-state index in [0.717, 1.165) is 20.4 Å². The lowest BCUT2D eigenvalue weighted by Crippen LogP contribution is -2.44. The molecule has 1 aliphatic rings. The van der Waals surface area contributed by atoms with Crippen molar-refractivity contribution in [2.45, 2.75) is 13.5 Å². The number of carbonyl (C=O) groups excluding carboxylic acids is 1. The Hall–Kier alpha value is -3.88. The molecule has 0 fully saturated rings. The summed E-state index contributed by atoms with van der Waals surface area (Å²) in [5.74, 6) is 0.559. The van der Waals surface area contributed by atoms with Crippen molar-refractivity contribution in [1.82, 2.24) is 19.7 Å². The van der Waals surface area contributed by atoms with E-state index >= 15 is 0 Å². The first-order chi connectivity index (χ1) is 13.9. The topological polar surface area (TPSA) is 104 Å². The number of nitrogens with one attached hydrogen (secondary N) is 1. The minimum atomic E-state index is -0.762. The molecule has 4 rings (SSSR count). The molecular formula is C20H18N4O5. The zero-order valence-electron chi connectivity index (χ0n) is 15.8. The second kappa shape index (κ2) is 7.27. The third-order valence-corrected chi connectivity index (χ3v) is 4.56. The number of aromatic nitrogens is 3. The van der Waals surface area contributed by atoms with Crippen LogP contribution in [0.2, 0.25) is 0 Å². The first-order valence-electron chi connectivity index (χ1n) is 8.88. The summed E-state index contributed by atoms with van der Waals surface area (Å²) in [4.78, 5) is 37.5. The number of hydrogen-bond donors (Lipinski definition) is 1. The Morgan fingerprint density at radius 2 is 1.83 bits per heavy atom. The molecule has 0 aliphatic carbocycles. The highest BCUT2D eigenvalue weighted by Crippen LogP contribution is 2.32. The number of aryl methyl sites for hydroxylation is 1. The van der Waals surface area contributed by atoms with Crippen LogP contribution in [0.3, 0.4) is 0 Å². The normalized spacial score (nSPS) is 12.1. The molecule has 0 bridgehead atoms. The second-order valence-corrected chi connectivity index (χ2v) is 6.61. The Balaban J connectivity index is 1.62. The monoisotopic (exact) mass is 394 g/mol. The molecule has 1 amide bonds. The molecule has 2 heterocycles. The average Bonchev–Trinajstić information content (AvgIpc) is 3.19. The highest BCUT2D eigenvalue weighted by molar-refractivity contribution is 5.91. The minimum Gasteiger partial charge on any atom is -0.454 e. The van der Waals surface area contributed by atoms with Gasteiger partial charge >= 0.3 is 5.69 Å². The van der Waals surface area contributed by atoms with Crippen LogP contribution in [0.4, 0.5) is 0 Å². The van der Waals surface area contributed by atoms with Gasteiger partial charge in [-0.1, -0.05) is 23.8 Å². The lowest BCUT2D eigenvalue weighted by Gasteiger charge is -2.10. The fourth-order valence-corrected chi connectivity index (χ4v) is 2.89. The molecule has 0 spiro atoms. The van der Waals surface area contributed by atoms with E-state index in [1.807, 2.05) is 19.1 Å². The van der Waals surface area contributed by atoms with Gasteiger partial charge in [-0.2, -0.15) is 9.78 Å². The zero-order valence-corrected chi connectivity index (χ0v) is 15.8. The van der Waals surface area contributed by atoms with Crippen molar-refractivity contribution < 1.29 is 14.3 Å². The fourth-order valence-electron chi connectivity index (χ4n) is 2.89. The van der Waals surface area contributed by atoms with Gasteiger partial charge in [-0.15, -0.1) is 0 Å². The largest absolute Gasteiger partial charge is 0.454 e. The van der Waals surface area contributed by atoms with Gasteiger partial charge in [0.15, 0.2) is 11.5 Å². The fraction of sp³-hybridized carbons (Fsp3) is 0.200. The van der Waals surface area contributed by atoms with E-state index in [4.69, 9.17) is 9.47 Å². The summed E-state index contributed by atoms with van der Waals surface area (Å²) in [6.45, 7) is 2.23. The van der Waals surface area contributed by atoms with Crippen LogP contribution in [0, 0.1) is 6.92 Å². The van der Waals surface area contributed by atoms with Crippen LogP contribution >= 0.6 is 0 Å². The number of fused-ring (bicyclic) bond motifs is 1. The van der Waals surface area contributed by atoms with Crippen molar-refractivity contribution >= 4 is 5.91 Å². The molecule has 0 saturated heterocycles. The second-order valence-electron chi connectivity index (χ2n) is 6.61. The number of rotatable bonds is 4. The molecule has 9 nitrogen and oxygen atoms in total. The predicted octanol–water partition coefficient (Wildman–Crippen LogP) is 0.898. The third-order valence-electron chi connectivity index (χ3n) is 4.56. The Morgan fingerprint density at radius 1 is 1.10 bits per heavy atom. The van der Waals surface area contributed by atoms with E-state index in [1.54, 1.807) is 30.3 Å². The molecule has 0 saturated carbocycles. The van der Waals surface area contributed by atoms with Gasteiger partial charge in [-0.25, -0.2) is 4.79 Å². The van der Waals surface area contributed by atoms with E-state index < -0.39 is 17.2 Å². The highest BCUT2D eigenvalue weighted by atomic mass is 16.7. The number of carbonyl (C=O) groups is 1. The van der Waals surface area contributed by atoms with Crippen LogP contribution in [0.25, 0.3) is 5.69 Å². The van der Waals surface area contributed by atoms with Gasteiger partial charge in [0.2, 0.25) is 12.5 Å². The Labute approximate surface area is 165 Å². The van der Waals surface area contributed by atoms with Gasteiger partial charge in [0.1, 0.15) is 0 Å². The molecule has 1 aliphatic heterocycles. The Kier molecular flexibility index (Phi) is 4.63. The first kappa shape index (κ1) is 18.5. The van der Waals surface area contributed by atoms with Gasteiger partial charge in [0.05, 0.1) is 5.69 Å². The molecule has 0 atom stereocenters. The summed E-state index contributed by atoms with van der Waals surface area (Å²) in [5, 5.41) is 6.67. The maximum atomic E-state index is 12.6. The van der Waals surface area contributed by atoms with E-state index in [0.29, 0.717) is 17.2 Å². The SMILES string of the molecule is Cc1ccc(-n2nc(C(=O)NCc3ccc4c(c3)OCO4)c(=O)n(C)c2=O)cc1. The van der Waals surface area contributed by atoms with Crippen LogP contribution in [0.5, 0.6) is 11.5 Å². The molecule has 29 heavy (non-hydrogen) atoms. The van der Waals surface area contributed by atoms with Gasteiger partial charge in [0.25, 0.3) is 11.5 Å². The number of amides is 1. The molecule has 148 valence electrons. The van der Waals surface area contributed by atoms with Crippen molar-refractivity contribution in [2.24, 2.45) is 7.05 Å². The molecule has 1 N–H and O–H groups in total. The molecule has 3 aromatic rings. The Bertz CT molecular complexity index is 1210. The summed E-state index contributed by atoms with van der Waals surface area (Å²) in [6, 6.07) is 12.3. The predicted molar refractivity (Wildman–Crippen MR) is 104 cm³/mol. The maximum absolute atomic E-state index is 12.6. The molecule has 2 aromatic carbocycles. The first-order valence-corrected chi connectivity index (χ1v) is 8.88. The van der Waals surface area contributed by atoms with Gasteiger partial charge < -0.3 is 14.8 Å². The number of benzene rings is 2. The average molecular weight is 394 g/mol. The minimum absolute atomic E-state index is 0.157. The number of hydrogen-bond acceptors (Lipinski definition) is 6. The van der Waals surface area contributed by atoms with Crippen molar-refractivity contribution in [3.63, 3.8) is 0 Å². The van der Waals surface area contributed by atoms with Gasteiger partial charge in [0, 0.05) is 13.6 Å².